The number of aryl methyl sites for hydroxylation is 1. The van der Waals surface area contributed by atoms with Gasteiger partial charge in [-0.25, -0.2) is 0 Å². The summed E-state index contributed by atoms with van der Waals surface area (Å²) in [6.45, 7) is 4.00. The Morgan fingerprint density at radius 1 is 1.04 bits per heavy atom. The average Bonchev–Trinajstić information content (AvgIpc) is 2.52. The lowest BCUT2D eigenvalue weighted by Crippen LogP contribution is -2.29. The fourth-order valence-corrected chi connectivity index (χ4v) is 2.00. The standard InChI is InChI=1S/C17H18N2O4/c1-3-23-15-7-5-4-6-14(15)19-17(22)16(21)18-13-9-8-12(20)10-11(13)2/h4-10,20H,3H2,1-2H3,(H,18,21)(H,19,22). The predicted octanol–water partition coefficient (Wildman–Crippen LogP) is 2.68. The van der Waals surface area contributed by atoms with Crippen molar-refractivity contribution in [2.24, 2.45) is 0 Å². The SMILES string of the molecule is CCOc1ccccc1NC(=O)C(=O)Nc1ccc(O)cc1C. The Morgan fingerprint density at radius 3 is 2.35 bits per heavy atom. The number of carbonyl (C=O) groups excluding carboxylic acids is 2. The van der Waals surface area contributed by atoms with Crippen LogP contribution in [0, 0.1) is 6.92 Å². The van der Waals surface area contributed by atoms with Crippen LogP contribution in [0.15, 0.2) is 42.5 Å². The maximum absolute atomic E-state index is 12.0. The molecule has 2 rings (SSSR count). The maximum Gasteiger partial charge on any atom is 0.314 e. The summed E-state index contributed by atoms with van der Waals surface area (Å²) in [6, 6.07) is 11.3. The third kappa shape index (κ3) is 4.23. The van der Waals surface area contributed by atoms with Crippen molar-refractivity contribution < 1.29 is 19.4 Å². The van der Waals surface area contributed by atoms with Crippen LogP contribution in [0.3, 0.4) is 0 Å². The molecule has 2 aromatic carbocycles. The van der Waals surface area contributed by atoms with Crippen molar-refractivity contribution >= 4 is 23.2 Å². The molecule has 0 spiro atoms. The van der Waals surface area contributed by atoms with Crippen molar-refractivity contribution in [2.75, 3.05) is 17.2 Å². The van der Waals surface area contributed by atoms with Crippen LogP contribution in [0.5, 0.6) is 11.5 Å². The first-order valence-corrected chi connectivity index (χ1v) is 7.15. The molecule has 2 aromatic rings. The van der Waals surface area contributed by atoms with Crippen molar-refractivity contribution in [1.82, 2.24) is 0 Å². The van der Waals surface area contributed by atoms with Gasteiger partial charge in [0.2, 0.25) is 0 Å². The second kappa shape index (κ2) is 7.31. The zero-order valence-corrected chi connectivity index (χ0v) is 12.9. The smallest absolute Gasteiger partial charge is 0.314 e. The number of amides is 2. The molecule has 0 unspecified atom stereocenters. The number of nitrogens with one attached hydrogen (secondary N) is 2. The fraction of sp³-hybridized carbons (Fsp3) is 0.176. The molecule has 6 heteroatoms. The molecule has 0 aliphatic rings. The quantitative estimate of drug-likeness (QED) is 0.598. The summed E-state index contributed by atoms with van der Waals surface area (Å²) in [6.07, 6.45) is 0. The molecular formula is C17H18N2O4. The van der Waals surface area contributed by atoms with E-state index in [0.29, 0.717) is 29.3 Å². The Morgan fingerprint density at radius 2 is 1.70 bits per heavy atom. The van der Waals surface area contributed by atoms with E-state index < -0.39 is 11.8 Å². The normalized spacial score (nSPS) is 10.0. The van der Waals surface area contributed by atoms with E-state index in [1.807, 2.05) is 6.92 Å². The third-order valence-corrected chi connectivity index (χ3v) is 3.10. The maximum atomic E-state index is 12.0. The minimum Gasteiger partial charge on any atom is -0.508 e. The molecule has 0 aromatic heterocycles. The van der Waals surface area contributed by atoms with Gasteiger partial charge in [-0.1, -0.05) is 12.1 Å². The minimum atomic E-state index is -0.801. The first-order chi connectivity index (χ1) is 11.0. The molecule has 0 bridgehead atoms. The number of rotatable bonds is 4. The highest BCUT2D eigenvalue weighted by Gasteiger charge is 2.16. The van der Waals surface area contributed by atoms with Gasteiger partial charge >= 0.3 is 11.8 Å². The molecule has 23 heavy (non-hydrogen) atoms. The van der Waals surface area contributed by atoms with Crippen molar-refractivity contribution in [3.05, 3.63) is 48.0 Å². The molecule has 120 valence electrons. The van der Waals surface area contributed by atoms with Crippen LogP contribution < -0.4 is 15.4 Å². The molecule has 0 aliphatic carbocycles. The van der Waals surface area contributed by atoms with Crippen molar-refractivity contribution in [3.8, 4) is 11.5 Å². The van der Waals surface area contributed by atoms with E-state index in [1.165, 1.54) is 18.2 Å². The number of phenols is 1. The zero-order chi connectivity index (χ0) is 16.8. The third-order valence-electron chi connectivity index (χ3n) is 3.10. The highest BCUT2D eigenvalue weighted by molar-refractivity contribution is 6.43. The van der Waals surface area contributed by atoms with Gasteiger partial charge in [-0.2, -0.15) is 0 Å². The highest BCUT2D eigenvalue weighted by atomic mass is 16.5. The van der Waals surface area contributed by atoms with Gasteiger partial charge in [0, 0.05) is 5.69 Å². The van der Waals surface area contributed by atoms with E-state index in [2.05, 4.69) is 10.6 Å². The Balaban J connectivity index is 2.07. The number of para-hydroxylation sites is 2. The molecule has 0 heterocycles. The molecule has 0 radical (unpaired) electrons. The number of anilines is 2. The molecule has 6 nitrogen and oxygen atoms in total. The Bertz CT molecular complexity index is 728. The number of hydrogen-bond acceptors (Lipinski definition) is 4. The van der Waals surface area contributed by atoms with Gasteiger partial charge in [-0.15, -0.1) is 0 Å². The van der Waals surface area contributed by atoms with Gasteiger partial charge in [0.25, 0.3) is 0 Å². The number of ether oxygens (including phenoxy) is 1. The lowest BCUT2D eigenvalue weighted by atomic mass is 10.2. The molecule has 0 saturated carbocycles. The number of benzene rings is 2. The van der Waals surface area contributed by atoms with Crippen LogP contribution in [-0.4, -0.2) is 23.5 Å². The Labute approximate surface area is 134 Å². The summed E-state index contributed by atoms with van der Waals surface area (Å²) in [5.74, 6) is -1.01. The van der Waals surface area contributed by atoms with Crippen LogP contribution in [0.1, 0.15) is 12.5 Å². The second-order valence-corrected chi connectivity index (χ2v) is 4.84. The van der Waals surface area contributed by atoms with Gasteiger partial charge in [0.05, 0.1) is 12.3 Å². The summed E-state index contributed by atoms with van der Waals surface area (Å²) in [5.41, 5.74) is 1.54. The summed E-state index contributed by atoms with van der Waals surface area (Å²) in [5, 5.41) is 14.4. The van der Waals surface area contributed by atoms with Crippen molar-refractivity contribution in [3.63, 3.8) is 0 Å². The lowest BCUT2D eigenvalue weighted by molar-refractivity contribution is -0.133. The monoisotopic (exact) mass is 314 g/mol. The first kappa shape index (κ1) is 16.4. The van der Waals surface area contributed by atoms with E-state index >= 15 is 0 Å². The number of hydrogen-bond donors (Lipinski definition) is 3. The molecule has 0 atom stereocenters. The Kier molecular flexibility index (Phi) is 5.19. The molecule has 0 saturated heterocycles. The van der Waals surface area contributed by atoms with Crippen LogP contribution in [-0.2, 0) is 9.59 Å². The van der Waals surface area contributed by atoms with Gasteiger partial charge in [-0.05, 0) is 49.7 Å². The first-order valence-electron chi connectivity index (χ1n) is 7.15. The topological polar surface area (TPSA) is 87.7 Å². The van der Waals surface area contributed by atoms with Gasteiger partial charge in [-0.3, -0.25) is 9.59 Å². The van der Waals surface area contributed by atoms with Gasteiger partial charge in [0.1, 0.15) is 11.5 Å². The molecule has 2 amide bonds. The van der Waals surface area contributed by atoms with E-state index in [0.717, 1.165) is 0 Å². The largest absolute Gasteiger partial charge is 0.508 e. The number of aromatic hydroxyl groups is 1. The van der Waals surface area contributed by atoms with Gasteiger partial charge < -0.3 is 20.5 Å². The van der Waals surface area contributed by atoms with Crippen LogP contribution in [0.4, 0.5) is 11.4 Å². The van der Waals surface area contributed by atoms with E-state index in [1.54, 1.807) is 31.2 Å². The lowest BCUT2D eigenvalue weighted by Gasteiger charge is -2.12. The van der Waals surface area contributed by atoms with Crippen molar-refractivity contribution in [2.45, 2.75) is 13.8 Å². The number of phenolic OH excluding ortho intramolecular Hbond substituents is 1. The van der Waals surface area contributed by atoms with Crippen LogP contribution in [0.2, 0.25) is 0 Å². The molecule has 0 fully saturated rings. The molecular weight excluding hydrogens is 296 g/mol. The Hall–Kier alpha value is -3.02. The second-order valence-electron chi connectivity index (χ2n) is 4.84. The van der Waals surface area contributed by atoms with Gasteiger partial charge in [0.15, 0.2) is 0 Å². The predicted molar refractivity (Wildman–Crippen MR) is 87.7 cm³/mol. The summed E-state index contributed by atoms with van der Waals surface area (Å²) in [7, 11) is 0. The van der Waals surface area contributed by atoms with E-state index in [4.69, 9.17) is 4.74 Å². The highest BCUT2D eigenvalue weighted by Crippen LogP contribution is 2.24. The molecule has 3 N–H and O–H groups in total. The average molecular weight is 314 g/mol. The summed E-state index contributed by atoms with van der Waals surface area (Å²) >= 11 is 0. The zero-order valence-electron chi connectivity index (χ0n) is 12.9. The van der Waals surface area contributed by atoms with Crippen LogP contribution in [0.25, 0.3) is 0 Å². The minimum absolute atomic E-state index is 0.0931. The number of carbonyl (C=O) groups is 2. The fourth-order valence-electron chi connectivity index (χ4n) is 2.00. The van der Waals surface area contributed by atoms with Crippen LogP contribution >= 0.6 is 0 Å². The summed E-state index contributed by atoms with van der Waals surface area (Å²) in [4.78, 5) is 24.0. The summed E-state index contributed by atoms with van der Waals surface area (Å²) < 4.78 is 5.39. The van der Waals surface area contributed by atoms with E-state index in [-0.39, 0.29) is 5.75 Å². The van der Waals surface area contributed by atoms with Crippen molar-refractivity contribution in [1.29, 1.82) is 0 Å². The van der Waals surface area contributed by atoms with E-state index in [9.17, 15) is 14.7 Å². The molecule has 0 aliphatic heterocycles.